The second kappa shape index (κ2) is 5.17. The van der Waals surface area contributed by atoms with Crippen LogP contribution in [0.1, 0.15) is 53.4 Å². The zero-order valence-electron chi connectivity index (χ0n) is 11.2. The van der Waals surface area contributed by atoms with E-state index < -0.39 is 0 Å². The third kappa shape index (κ3) is 3.21. The molecule has 1 rings (SSSR count). The van der Waals surface area contributed by atoms with E-state index in [2.05, 4.69) is 32.6 Å². The lowest BCUT2D eigenvalue weighted by Gasteiger charge is -2.40. The molecular weight excluding hydrogens is 198 g/mol. The first kappa shape index (κ1) is 13.5. The SMILES string of the molecule is C[C@@H]1CCC[C@H](C)N1CCC(C)(C)C(=N)N. The highest BCUT2D eigenvalue weighted by atomic mass is 15.2. The first-order valence-electron chi connectivity index (χ1n) is 6.45. The van der Waals surface area contributed by atoms with Crippen molar-refractivity contribution in [2.75, 3.05) is 6.54 Å². The lowest BCUT2D eigenvalue weighted by molar-refractivity contribution is 0.0940. The van der Waals surface area contributed by atoms with E-state index >= 15 is 0 Å². The van der Waals surface area contributed by atoms with Crippen LogP contribution in [0.2, 0.25) is 0 Å². The molecule has 0 bridgehead atoms. The Labute approximate surface area is 99.9 Å². The molecule has 0 radical (unpaired) electrons. The van der Waals surface area contributed by atoms with Crippen LogP contribution in [0.5, 0.6) is 0 Å². The van der Waals surface area contributed by atoms with Crippen molar-refractivity contribution in [3.05, 3.63) is 0 Å². The van der Waals surface area contributed by atoms with Crippen LogP contribution in [0.15, 0.2) is 0 Å². The smallest absolute Gasteiger partial charge is 0.0963 e. The lowest BCUT2D eigenvalue weighted by atomic mass is 9.86. The molecule has 0 aliphatic carbocycles. The molecule has 16 heavy (non-hydrogen) atoms. The summed E-state index contributed by atoms with van der Waals surface area (Å²) >= 11 is 0. The van der Waals surface area contributed by atoms with E-state index in [0.717, 1.165) is 13.0 Å². The van der Waals surface area contributed by atoms with Crippen LogP contribution in [-0.2, 0) is 0 Å². The number of hydrogen-bond acceptors (Lipinski definition) is 2. The van der Waals surface area contributed by atoms with Crippen LogP contribution < -0.4 is 5.73 Å². The maximum absolute atomic E-state index is 7.57. The lowest BCUT2D eigenvalue weighted by Crippen LogP contribution is -2.46. The van der Waals surface area contributed by atoms with Gasteiger partial charge in [0.2, 0.25) is 0 Å². The topological polar surface area (TPSA) is 53.1 Å². The number of nitrogens with zero attached hydrogens (tertiary/aromatic N) is 1. The fraction of sp³-hybridized carbons (Fsp3) is 0.923. The molecule has 0 spiro atoms. The number of rotatable bonds is 4. The van der Waals surface area contributed by atoms with E-state index in [-0.39, 0.29) is 5.41 Å². The molecule has 1 aliphatic heterocycles. The van der Waals surface area contributed by atoms with Gasteiger partial charge in [0.15, 0.2) is 0 Å². The number of nitrogens with two attached hydrogens (primary N) is 1. The molecule has 3 nitrogen and oxygen atoms in total. The molecule has 0 aromatic heterocycles. The van der Waals surface area contributed by atoms with Crippen LogP contribution in [0.25, 0.3) is 0 Å². The summed E-state index contributed by atoms with van der Waals surface area (Å²) in [6.45, 7) is 9.82. The fourth-order valence-corrected chi connectivity index (χ4v) is 2.46. The Morgan fingerprint density at radius 2 is 1.81 bits per heavy atom. The van der Waals surface area contributed by atoms with Crippen molar-refractivity contribution in [2.24, 2.45) is 11.1 Å². The van der Waals surface area contributed by atoms with E-state index in [4.69, 9.17) is 11.1 Å². The van der Waals surface area contributed by atoms with Crippen molar-refractivity contribution < 1.29 is 0 Å². The summed E-state index contributed by atoms with van der Waals surface area (Å²) in [6, 6.07) is 1.37. The van der Waals surface area contributed by atoms with Gasteiger partial charge in [-0.3, -0.25) is 10.3 Å². The van der Waals surface area contributed by atoms with Gasteiger partial charge in [0, 0.05) is 17.5 Å². The Bertz CT molecular complexity index is 238. The van der Waals surface area contributed by atoms with Gasteiger partial charge in [-0.25, -0.2) is 0 Å². The zero-order valence-corrected chi connectivity index (χ0v) is 11.2. The summed E-state index contributed by atoms with van der Waals surface area (Å²) < 4.78 is 0. The molecule has 0 aromatic rings. The Kier molecular flexibility index (Phi) is 4.36. The van der Waals surface area contributed by atoms with Crippen LogP contribution in [-0.4, -0.2) is 29.4 Å². The summed E-state index contributed by atoms with van der Waals surface area (Å²) in [5, 5.41) is 7.57. The van der Waals surface area contributed by atoms with E-state index in [0.29, 0.717) is 17.9 Å². The number of piperidine rings is 1. The Morgan fingerprint density at radius 3 is 2.25 bits per heavy atom. The Hall–Kier alpha value is -0.570. The van der Waals surface area contributed by atoms with E-state index in [1.807, 2.05) is 0 Å². The van der Waals surface area contributed by atoms with Crippen LogP contribution >= 0.6 is 0 Å². The van der Waals surface area contributed by atoms with Crippen LogP contribution in [0, 0.1) is 10.8 Å². The minimum atomic E-state index is -0.156. The maximum atomic E-state index is 7.57. The molecule has 1 heterocycles. The predicted octanol–water partition coefficient (Wildman–Crippen LogP) is 2.60. The van der Waals surface area contributed by atoms with E-state index in [1.54, 1.807) is 0 Å². The van der Waals surface area contributed by atoms with Gasteiger partial charge in [-0.05, 0) is 39.7 Å². The third-order valence-corrected chi connectivity index (χ3v) is 4.10. The molecule has 0 amide bonds. The number of amidine groups is 1. The highest BCUT2D eigenvalue weighted by Gasteiger charge is 2.28. The second-order valence-corrected chi connectivity index (χ2v) is 5.91. The summed E-state index contributed by atoms with van der Waals surface area (Å²) in [4.78, 5) is 2.58. The van der Waals surface area contributed by atoms with Crippen LogP contribution in [0.3, 0.4) is 0 Å². The van der Waals surface area contributed by atoms with Gasteiger partial charge in [0.05, 0.1) is 5.84 Å². The number of hydrogen-bond donors (Lipinski definition) is 2. The average Bonchev–Trinajstić information content (AvgIpc) is 2.16. The predicted molar refractivity (Wildman–Crippen MR) is 69.8 cm³/mol. The second-order valence-electron chi connectivity index (χ2n) is 5.91. The largest absolute Gasteiger partial charge is 0.387 e. The van der Waals surface area contributed by atoms with E-state index in [1.165, 1.54) is 19.3 Å². The standard InChI is InChI=1S/C13H27N3/c1-10-6-5-7-11(2)16(10)9-8-13(3,4)12(14)15/h10-11H,5-9H2,1-4H3,(H3,14,15)/t10-,11+. The monoisotopic (exact) mass is 225 g/mol. The minimum Gasteiger partial charge on any atom is -0.387 e. The van der Waals surface area contributed by atoms with Crippen LogP contribution in [0.4, 0.5) is 0 Å². The quantitative estimate of drug-likeness (QED) is 0.571. The zero-order chi connectivity index (χ0) is 12.3. The molecule has 2 atom stereocenters. The van der Waals surface area contributed by atoms with Crippen molar-refractivity contribution >= 4 is 5.84 Å². The number of likely N-dealkylation sites (tertiary alicyclic amines) is 1. The first-order chi connectivity index (χ1) is 7.34. The Balaban J connectivity index is 2.50. The normalized spacial score (nSPS) is 28.0. The highest BCUT2D eigenvalue weighted by Crippen LogP contribution is 2.26. The van der Waals surface area contributed by atoms with E-state index in [9.17, 15) is 0 Å². The Morgan fingerprint density at radius 1 is 1.31 bits per heavy atom. The summed E-state index contributed by atoms with van der Waals surface area (Å²) in [6.07, 6.45) is 4.96. The summed E-state index contributed by atoms with van der Waals surface area (Å²) in [5.41, 5.74) is 5.46. The van der Waals surface area contributed by atoms with Crippen molar-refractivity contribution in [3.63, 3.8) is 0 Å². The molecule has 1 aliphatic rings. The molecule has 0 saturated carbocycles. The van der Waals surface area contributed by atoms with Crippen molar-refractivity contribution in [3.8, 4) is 0 Å². The van der Waals surface area contributed by atoms with Crippen molar-refractivity contribution in [1.29, 1.82) is 5.41 Å². The first-order valence-corrected chi connectivity index (χ1v) is 6.45. The molecule has 3 heteroatoms. The molecule has 0 aromatic carbocycles. The van der Waals surface area contributed by atoms with Crippen molar-refractivity contribution in [1.82, 2.24) is 4.90 Å². The fourth-order valence-electron chi connectivity index (χ4n) is 2.46. The van der Waals surface area contributed by atoms with Crippen molar-refractivity contribution in [2.45, 2.75) is 65.5 Å². The molecular formula is C13H27N3. The van der Waals surface area contributed by atoms with Gasteiger partial charge in [-0.1, -0.05) is 20.3 Å². The van der Waals surface area contributed by atoms with Gasteiger partial charge in [0.1, 0.15) is 0 Å². The molecule has 3 N–H and O–H groups in total. The molecule has 1 fully saturated rings. The average molecular weight is 225 g/mol. The summed E-state index contributed by atoms with van der Waals surface area (Å²) in [5.74, 6) is 0.310. The molecule has 94 valence electrons. The van der Waals surface area contributed by atoms with Gasteiger partial charge >= 0.3 is 0 Å². The molecule has 1 saturated heterocycles. The summed E-state index contributed by atoms with van der Waals surface area (Å²) in [7, 11) is 0. The minimum absolute atomic E-state index is 0.156. The van der Waals surface area contributed by atoms with Gasteiger partial charge in [-0.2, -0.15) is 0 Å². The maximum Gasteiger partial charge on any atom is 0.0963 e. The van der Waals surface area contributed by atoms with Gasteiger partial charge in [-0.15, -0.1) is 0 Å². The highest BCUT2D eigenvalue weighted by molar-refractivity contribution is 5.82. The van der Waals surface area contributed by atoms with Gasteiger partial charge < -0.3 is 5.73 Å². The number of nitrogens with one attached hydrogen (secondary N) is 1. The third-order valence-electron chi connectivity index (χ3n) is 4.10. The van der Waals surface area contributed by atoms with Gasteiger partial charge in [0.25, 0.3) is 0 Å². The molecule has 0 unspecified atom stereocenters.